The maximum absolute atomic E-state index is 13.2. The summed E-state index contributed by atoms with van der Waals surface area (Å²) >= 11 is 0. The summed E-state index contributed by atoms with van der Waals surface area (Å²) in [4.78, 5) is 14.9. The molecule has 0 N–H and O–H groups in total. The number of allylic oxidation sites excluding steroid dienone is 1. The summed E-state index contributed by atoms with van der Waals surface area (Å²) in [5.74, 6) is 1.14. The Kier molecular flexibility index (Phi) is 6.08. The zero-order valence-electron chi connectivity index (χ0n) is 18.2. The first-order chi connectivity index (χ1) is 15.0. The van der Waals surface area contributed by atoms with Gasteiger partial charge >= 0.3 is 0 Å². The van der Waals surface area contributed by atoms with E-state index in [1.807, 2.05) is 19.2 Å². The molecule has 0 fully saturated rings. The van der Waals surface area contributed by atoms with Gasteiger partial charge < -0.3 is 14.4 Å². The standard InChI is InChI=1S/C27H27NO3/c1-19-7-6-8-20(15-19)13-14-31-26-18-23(11-12-25(26)30-3)27(29)28(2)24-16-21-9-4-5-10-22(21)17-24/h4-12,15-16,18H,13-14,17H2,1-3H3. The highest BCUT2D eigenvalue weighted by molar-refractivity contribution is 5.96. The Morgan fingerprint density at radius 1 is 1.00 bits per heavy atom. The van der Waals surface area contributed by atoms with E-state index in [0.717, 1.165) is 18.5 Å². The van der Waals surface area contributed by atoms with Crippen LogP contribution in [-0.4, -0.2) is 31.6 Å². The summed E-state index contributed by atoms with van der Waals surface area (Å²) in [7, 11) is 3.43. The lowest BCUT2D eigenvalue weighted by Gasteiger charge is -2.19. The van der Waals surface area contributed by atoms with E-state index in [-0.39, 0.29) is 5.91 Å². The number of benzene rings is 3. The topological polar surface area (TPSA) is 38.8 Å². The van der Waals surface area contributed by atoms with Gasteiger partial charge in [-0.15, -0.1) is 0 Å². The zero-order valence-corrected chi connectivity index (χ0v) is 18.2. The molecule has 0 aliphatic heterocycles. The predicted octanol–water partition coefficient (Wildman–Crippen LogP) is 5.29. The number of hydrogen-bond acceptors (Lipinski definition) is 3. The number of ether oxygens (including phenoxy) is 2. The molecule has 1 amide bonds. The minimum Gasteiger partial charge on any atom is -0.493 e. The average molecular weight is 414 g/mol. The van der Waals surface area contributed by atoms with Crippen molar-refractivity contribution in [3.63, 3.8) is 0 Å². The Balaban J connectivity index is 1.47. The number of nitrogens with zero attached hydrogens (tertiary/aromatic N) is 1. The summed E-state index contributed by atoms with van der Waals surface area (Å²) in [5, 5.41) is 0. The molecular weight excluding hydrogens is 386 g/mol. The number of aryl methyl sites for hydroxylation is 1. The van der Waals surface area contributed by atoms with Gasteiger partial charge in [-0.2, -0.15) is 0 Å². The van der Waals surface area contributed by atoms with E-state index in [4.69, 9.17) is 9.47 Å². The highest BCUT2D eigenvalue weighted by Crippen LogP contribution is 2.31. The van der Waals surface area contributed by atoms with Crippen LogP contribution in [0.15, 0.2) is 72.4 Å². The molecule has 0 saturated heterocycles. The second kappa shape index (κ2) is 9.09. The lowest BCUT2D eigenvalue weighted by Crippen LogP contribution is -2.26. The van der Waals surface area contributed by atoms with Crippen LogP contribution in [0.4, 0.5) is 0 Å². The van der Waals surface area contributed by atoms with Crippen molar-refractivity contribution in [3.05, 3.63) is 100 Å². The first kappa shape index (κ1) is 20.7. The molecule has 0 bridgehead atoms. The molecule has 3 aromatic rings. The summed E-state index contributed by atoms with van der Waals surface area (Å²) < 4.78 is 11.5. The first-order valence-corrected chi connectivity index (χ1v) is 10.5. The first-order valence-electron chi connectivity index (χ1n) is 10.5. The summed E-state index contributed by atoms with van der Waals surface area (Å²) in [5.41, 5.74) is 6.43. The third-order valence-electron chi connectivity index (χ3n) is 5.63. The van der Waals surface area contributed by atoms with Crippen molar-refractivity contribution in [2.24, 2.45) is 0 Å². The van der Waals surface area contributed by atoms with Crippen molar-refractivity contribution >= 4 is 12.0 Å². The van der Waals surface area contributed by atoms with Crippen molar-refractivity contribution in [3.8, 4) is 11.5 Å². The maximum Gasteiger partial charge on any atom is 0.257 e. The van der Waals surface area contributed by atoms with E-state index >= 15 is 0 Å². The fourth-order valence-corrected chi connectivity index (χ4v) is 3.87. The van der Waals surface area contributed by atoms with Crippen LogP contribution in [0.25, 0.3) is 6.08 Å². The van der Waals surface area contributed by atoms with E-state index in [9.17, 15) is 4.79 Å². The molecule has 4 nitrogen and oxygen atoms in total. The van der Waals surface area contributed by atoms with Crippen LogP contribution >= 0.6 is 0 Å². The number of fused-ring (bicyclic) bond motifs is 1. The van der Waals surface area contributed by atoms with Crippen LogP contribution in [0.3, 0.4) is 0 Å². The third kappa shape index (κ3) is 4.64. The Hall–Kier alpha value is -3.53. The molecule has 0 atom stereocenters. The van der Waals surface area contributed by atoms with Crippen molar-refractivity contribution in [2.75, 3.05) is 20.8 Å². The number of amides is 1. The minimum atomic E-state index is -0.0646. The normalized spacial score (nSPS) is 12.2. The highest BCUT2D eigenvalue weighted by Gasteiger charge is 2.22. The van der Waals surface area contributed by atoms with Crippen molar-refractivity contribution < 1.29 is 14.3 Å². The average Bonchev–Trinajstić information content (AvgIpc) is 3.22. The molecule has 1 aliphatic rings. The van der Waals surface area contributed by atoms with Gasteiger partial charge in [-0.25, -0.2) is 0 Å². The number of likely N-dealkylation sites (N-methyl/N-ethyl adjacent to an activating group) is 1. The van der Waals surface area contributed by atoms with Crippen molar-refractivity contribution in [1.82, 2.24) is 4.90 Å². The Morgan fingerprint density at radius 2 is 1.84 bits per heavy atom. The Morgan fingerprint density at radius 3 is 2.61 bits per heavy atom. The summed E-state index contributed by atoms with van der Waals surface area (Å²) in [6.45, 7) is 2.59. The second-order valence-corrected chi connectivity index (χ2v) is 7.83. The van der Waals surface area contributed by atoms with Crippen LogP contribution in [0.2, 0.25) is 0 Å². The number of methoxy groups -OCH3 is 1. The number of rotatable bonds is 7. The quantitative estimate of drug-likeness (QED) is 0.528. The van der Waals surface area contributed by atoms with Crippen LogP contribution < -0.4 is 9.47 Å². The van der Waals surface area contributed by atoms with E-state index in [1.165, 1.54) is 22.3 Å². The van der Waals surface area contributed by atoms with Gasteiger partial charge in [0.05, 0.1) is 13.7 Å². The van der Waals surface area contributed by atoms with Crippen LogP contribution in [-0.2, 0) is 12.8 Å². The summed E-state index contributed by atoms with van der Waals surface area (Å²) in [6.07, 6.45) is 3.62. The van der Waals surface area contributed by atoms with Gasteiger partial charge in [0.25, 0.3) is 5.91 Å². The van der Waals surface area contributed by atoms with Gasteiger partial charge in [0.15, 0.2) is 11.5 Å². The third-order valence-corrected chi connectivity index (χ3v) is 5.63. The Labute approximate surface area is 183 Å². The number of carbonyl (C=O) groups is 1. The fraction of sp³-hybridized carbons (Fsp3) is 0.222. The smallest absolute Gasteiger partial charge is 0.257 e. The molecule has 0 saturated carbocycles. The maximum atomic E-state index is 13.2. The van der Waals surface area contributed by atoms with Gasteiger partial charge in [0.1, 0.15) is 0 Å². The van der Waals surface area contributed by atoms with Gasteiger partial charge in [0, 0.05) is 31.1 Å². The van der Waals surface area contributed by atoms with E-state index < -0.39 is 0 Å². The molecule has 0 unspecified atom stereocenters. The van der Waals surface area contributed by atoms with E-state index in [0.29, 0.717) is 23.7 Å². The van der Waals surface area contributed by atoms with Crippen LogP contribution in [0.1, 0.15) is 32.6 Å². The lowest BCUT2D eigenvalue weighted by atomic mass is 10.1. The molecule has 1 aliphatic carbocycles. The number of carbonyl (C=O) groups excluding carboxylic acids is 1. The molecule has 0 spiro atoms. The monoisotopic (exact) mass is 413 g/mol. The molecule has 0 radical (unpaired) electrons. The van der Waals surface area contributed by atoms with Gasteiger partial charge in [-0.3, -0.25) is 4.79 Å². The molecule has 0 heterocycles. The van der Waals surface area contributed by atoms with Gasteiger partial charge in [-0.05, 0) is 47.9 Å². The van der Waals surface area contributed by atoms with E-state index in [2.05, 4.69) is 49.4 Å². The molecular formula is C27H27NO3. The predicted molar refractivity (Wildman–Crippen MR) is 124 cm³/mol. The van der Waals surface area contributed by atoms with Crippen LogP contribution in [0.5, 0.6) is 11.5 Å². The zero-order chi connectivity index (χ0) is 21.8. The van der Waals surface area contributed by atoms with Crippen molar-refractivity contribution in [2.45, 2.75) is 19.8 Å². The van der Waals surface area contributed by atoms with Crippen molar-refractivity contribution in [1.29, 1.82) is 0 Å². The molecule has 4 rings (SSSR count). The summed E-state index contributed by atoms with van der Waals surface area (Å²) in [6, 6.07) is 22.0. The highest BCUT2D eigenvalue weighted by atomic mass is 16.5. The second-order valence-electron chi connectivity index (χ2n) is 7.83. The lowest BCUT2D eigenvalue weighted by molar-refractivity contribution is 0.0835. The fourth-order valence-electron chi connectivity index (χ4n) is 3.87. The van der Waals surface area contributed by atoms with Gasteiger partial charge in [0.2, 0.25) is 0 Å². The van der Waals surface area contributed by atoms with Gasteiger partial charge in [-0.1, -0.05) is 54.1 Å². The van der Waals surface area contributed by atoms with Crippen LogP contribution in [0, 0.1) is 6.92 Å². The minimum absolute atomic E-state index is 0.0646. The molecule has 0 aromatic heterocycles. The Bertz CT molecular complexity index is 1130. The molecule has 4 heteroatoms. The number of hydrogen-bond donors (Lipinski definition) is 0. The van der Waals surface area contributed by atoms with E-state index in [1.54, 1.807) is 30.2 Å². The molecule has 158 valence electrons. The largest absolute Gasteiger partial charge is 0.493 e. The SMILES string of the molecule is COc1ccc(C(=O)N(C)C2=Cc3ccccc3C2)cc1OCCc1cccc(C)c1. The molecule has 31 heavy (non-hydrogen) atoms. The molecule has 3 aromatic carbocycles.